The molecule has 0 fully saturated rings. The molecule has 0 radical (unpaired) electrons. The summed E-state index contributed by atoms with van der Waals surface area (Å²) in [6, 6.07) is 21.8. The molecule has 7 nitrogen and oxygen atoms in total. The summed E-state index contributed by atoms with van der Waals surface area (Å²) in [5, 5.41) is 0.990. The van der Waals surface area contributed by atoms with Gasteiger partial charge in [-0.25, -0.2) is 18.7 Å². The molecule has 0 spiro atoms. The number of fused-ring (bicyclic) bond motifs is 1. The van der Waals surface area contributed by atoms with Crippen LogP contribution in [0.4, 0.5) is 14.5 Å². The second-order valence-corrected chi connectivity index (χ2v) is 10.9. The highest BCUT2D eigenvalue weighted by molar-refractivity contribution is 5.96. The minimum absolute atomic E-state index is 0.0330. The van der Waals surface area contributed by atoms with Crippen molar-refractivity contribution in [2.24, 2.45) is 0 Å². The summed E-state index contributed by atoms with van der Waals surface area (Å²) < 4.78 is 28.1. The van der Waals surface area contributed by atoms with Gasteiger partial charge in [-0.2, -0.15) is 0 Å². The van der Waals surface area contributed by atoms with Gasteiger partial charge in [-0.1, -0.05) is 42.5 Å². The zero-order valence-corrected chi connectivity index (χ0v) is 24.2. The van der Waals surface area contributed by atoms with Crippen molar-refractivity contribution < 1.29 is 13.6 Å². The van der Waals surface area contributed by atoms with Gasteiger partial charge in [0, 0.05) is 61.3 Å². The molecule has 0 bridgehead atoms. The average molecular weight is 590 g/mol. The first-order valence-electron chi connectivity index (χ1n) is 14.1. The topological polar surface area (TPSA) is 83.9 Å². The van der Waals surface area contributed by atoms with E-state index in [1.165, 1.54) is 23.2 Å². The van der Waals surface area contributed by atoms with Gasteiger partial charge in [0.1, 0.15) is 11.2 Å². The zero-order valence-electron chi connectivity index (χ0n) is 24.2. The quantitative estimate of drug-likeness (QED) is 0.191. The Morgan fingerprint density at radius 3 is 2.48 bits per heavy atom. The summed E-state index contributed by atoms with van der Waals surface area (Å²) in [6.45, 7) is -0.0330. The lowest BCUT2D eigenvalue weighted by molar-refractivity contribution is 0.0980. The van der Waals surface area contributed by atoms with E-state index in [4.69, 9.17) is 0 Å². The van der Waals surface area contributed by atoms with Crippen LogP contribution in [-0.4, -0.2) is 39.4 Å². The van der Waals surface area contributed by atoms with Crippen molar-refractivity contribution in [2.75, 3.05) is 19.0 Å². The SMILES string of the molecule is CN(C)c1ccc(-c2cnc3[nH]cc(-c4cccc(CCC(=O)c5cncn(Cc6ccc(F)c(F)c6)c5=O)c4)c3c2)cc1. The smallest absolute Gasteiger partial charge is 0.264 e. The Morgan fingerprint density at radius 1 is 0.886 bits per heavy atom. The van der Waals surface area contributed by atoms with Crippen molar-refractivity contribution in [1.82, 2.24) is 19.5 Å². The lowest BCUT2D eigenvalue weighted by Gasteiger charge is -2.12. The van der Waals surface area contributed by atoms with Crippen molar-refractivity contribution in [1.29, 1.82) is 0 Å². The number of halogens is 2. The highest BCUT2D eigenvalue weighted by atomic mass is 19.2. The van der Waals surface area contributed by atoms with Gasteiger partial charge in [0.2, 0.25) is 0 Å². The summed E-state index contributed by atoms with van der Waals surface area (Å²) in [5.41, 5.74) is 6.73. The minimum Gasteiger partial charge on any atom is -0.378 e. The maximum atomic E-state index is 13.6. The molecule has 220 valence electrons. The van der Waals surface area contributed by atoms with Gasteiger partial charge in [0.05, 0.1) is 12.9 Å². The number of carbonyl (C=O) groups is 1. The van der Waals surface area contributed by atoms with Crippen LogP contribution in [0.15, 0.2) is 103 Å². The molecule has 6 rings (SSSR count). The first-order chi connectivity index (χ1) is 21.3. The number of aromatic nitrogens is 4. The van der Waals surface area contributed by atoms with Crippen molar-refractivity contribution in [2.45, 2.75) is 19.4 Å². The maximum absolute atomic E-state index is 13.6. The molecular formula is C35H29F2N5O2. The fourth-order valence-corrected chi connectivity index (χ4v) is 5.23. The van der Waals surface area contributed by atoms with Crippen LogP contribution in [0.3, 0.4) is 0 Å². The van der Waals surface area contributed by atoms with Crippen LogP contribution in [0, 0.1) is 11.6 Å². The first-order valence-corrected chi connectivity index (χ1v) is 14.1. The highest BCUT2D eigenvalue weighted by Crippen LogP contribution is 2.32. The number of H-pyrrole nitrogens is 1. The number of nitrogens with zero attached hydrogens (tertiary/aromatic N) is 4. The molecule has 3 aromatic heterocycles. The minimum atomic E-state index is -1.00. The van der Waals surface area contributed by atoms with E-state index >= 15 is 0 Å². The Morgan fingerprint density at radius 2 is 1.70 bits per heavy atom. The number of carbonyl (C=O) groups excluding carboxylic acids is 1. The number of hydrogen-bond donors (Lipinski definition) is 1. The molecule has 44 heavy (non-hydrogen) atoms. The summed E-state index contributed by atoms with van der Waals surface area (Å²) in [7, 11) is 4.02. The Bertz CT molecular complexity index is 2050. The zero-order chi connectivity index (χ0) is 30.8. The molecular weight excluding hydrogens is 560 g/mol. The van der Waals surface area contributed by atoms with Crippen LogP contribution in [0.5, 0.6) is 0 Å². The van der Waals surface area contributed by atoms with Gasteiger partial charge in [-0.15, -0.1) is 0 Å². The van der Waals surface area contributed by atoms with Gasteiger partial charge < -0.3 is 9.88 Å². The van der Waals surface area contributed by atoms with E-state index in [9.17, 15) is 18.4 Å². The summed E-state index contributed by atoms with van der Waals surface area (Å²) in [4.78, 5) is 40.1. The van der Waals surface area contributed by atoms with Crippen LogP contribution < -0.4 is 10.5 Å². The molecule has 9 heteroatoms. The molecule has 0 saturated heterocycles. The van der Waals surface area contributed by atoms with Gasteiger partial charge in [0.15, 0.2) is 17.4 Å². The number of Topliss-reactive ketones (excluding diaryl/α,β-unsaturated/α-hetero) is 1. The van der Waals surface area contributed by atoms with Crippen molar-refractivity contribution in [3.63, 3.8) is 0 Å². The van der Waals surface area contributed by atoms with E-state index in [2.05, 4.69) is 50.2 Å². The molecule has 0 aliphatic carbocycles. The molecule has 0 aliphatic heterocycles. The number of pyridine rings is 1. The number of aromatic amines is 1. The van der Waals surface area contributed by atoms with Gasteiger partial charge in [-0.05, 0) is 59.0 Å². The van der Waals surface area contributed by atoms with Crippen molar-refractivity contribution >= 4 is 22.5 Å². The van der Waals surface area contributed by atoms with E-state index in [0.29, 0.717) is 12.0 Å². The fraction of sp³-hybridized carbons (Fsp3) is 0.143. The normalized spacial score (nSPS) is 11.2. The number of hydrogen-bond acceptors (Lipinski definition) is 5. The maximum Gasteiger partial charge on any atom is 0.264 e. The number of benzene rings is 3. The van der Waals surface area contributed by atoms with E-state index in [1.54, 1.807) is 0 Å². The molecule has 0 amide bonds. The predicted octanol–water partition coefficient (Wildman–Crippen LogP) is 6.66. The summed E-state index contributed by atoms with van der Waals surface area (Å²) >= 11 is 0. The van der Waals surface area contributed by atoms with Crippen LogP contribution in [-0.2, 0) is 13.0 Å². The lowest BCUT2D eigenvalue weighted by Crippen LogP contribution is -2.27. The molecule has 3 heterocycles. The standard InChI is InChI=1S/C35H29F2N5O2/c1-41(2)27-10-8-24(9-11-27)26-16-28-29(19-40-34(28)39-17-26)25-5-3-4-22(14-25)7-13-33(43)30-18-38-21-42(35(30)44)20-23-6-12-31(36)32(37)15-23/h3-6,8-12,14-19,21H,7,13,20H2,1-2H3,(H,39,40). The molecule has 6 aromatic rings. The van der Waals surface area contributed by atoms with E-state index in [0.717, 1.165) is 56.7 Å². The third kappa shape index (κ3) is 5.89. The Balaban J connectivity index is 1.19. The molecule has 0 unspecified atom stereocenters. The van der Waals surface area contributed by atoms with Crippen molar-refractivity contribution in [3.05, 3.63) is 136 Å². The monoisotopic (exact) mass is 589 g/mol. The second-order valence-electron chi connectivity index (χ2n) is 10.9. The Kier molecular flexibility index (Phi) is 7.85. The van der Waals surface area contributed by atoms with Crippen LogP contribution >= 0.6 is 0 Å². The van der Waals surface area contributed by atoms with Crippen LogP contribution in [0.2, 0.25) is 0 Å². The molecule has 0 aliphatic rings. The van der Waals surface area contributed by atoms with Gasteiger partial charge >= 0.3 is 0 Å². The van der Waals surface area contributed by atoms with Crippen LogP contribution in [0.1, 0.15) is 27.9 Å². The molecule has 1 N–H and O–H groups in total. The highest BCUT2D eigenvalue weighted by Gasteiger charge is 2.15. The largest absolute Gasteiger partial charge is 0.378 e. The third-order valence-corrected chi connectivity index (χ3v) is 7.67. The van der Waals surface area contributed by atoms with E-state index < -0.39 is 17.2 Å². The number of rotatable bonds is 9. The second kappa shape index (κ2) is 12.0. The van der Waals surface area contributed by atoms with E-state index in [1.807, 2.05) is 50.8 Å². The Hall–Kier alpha value is -5.44. The van der Waals surface area contributed by atoms with Crippen LogP contribution in [0.25, 0.3) is 33.3 Å². The summed E-state index contributed by atoms with van der Waals surface area (Å²) in [6.07, 6.45) is 6.87. The summed E-state index contributed by atoms with van der Waals surface area (Å²) in [5.74, 6) is -2.31. The molecule has 3 aromatic carbocycles. The Labute approximate surface area is 252 Å². The predicted molar refractivity (Wildman–Crippen MR) is 168 cm³/mol. The number of anilines is 1. The van der Waals surface area contributed by atoms with Gasteiger partial charge in [0.25, 0.3) is 5.56 Å². The molecule has 0 saturated carbocycles. The fourth-order valence-electron chi connectivity index (χ4n) is 5.23. The molecule has 0 atom stereocenters. The number of nitrogens with one attached hydrogen (secondary N) is 1. The number of aryl methyl sites for hydroxylation is 1. The van der Waals surface area contributed by atoms with Crippen molar-refractivity contribution in [3.8, 4) is 22.3 Å². The van der Waals surface area contributed by atoms with E-state index in [-0.39, 0.29) is 24.3 Å². The lowest BCUT2D eigenvalue weighted by atomic mass is 9.98. The number of ketones is 1. The van der Waals surface area contributed by atoms with Gasteiger partial charge in [-0.3, -0.25) is 14.2 Å². The first kappa shape index (κ1) is 28.7. The third-order valence-electron chi connectivity index (χ3n) is 7.67. The average Bonchev–Trinajstić information content (AvgIpc) is 3.46.